The number of hydrazone groups is 1. The average Bonchev–Trinajstić information content (AvgIpc) is 2.54. The van der Waals surface area contributed by atoms with E-state index in [1.165, 1.54) is 0 Å². The first-order chi connectivity index (χ1) is 11.6. The molecule has 0 unspecified atom stereocenters. The fourth-order valence-corrected chi connectivity index (χ4v) is 3.22. The Kier molecular flexibility index (Phi) is 7.21. The molecule has 0 aliphatic carbocycles. The van der Waals surface area contributed by atoms with Crippen molar-refractivity contribution in [2.24, 2.45) is 5.10 Å². The van der Waals surface area contributed by atoms with Gasteiger partial charge < -0.3 is 14.9 Å². The molecule has 0 heterocycles. The molecule has 24 heavy (non-hydrogen) atoms. The van der Waals surface area contributed by atoms with Crippen LogP contribution in [0.1, 0.15) is 18.1 Å². The maximum absolute atomic E-state index is 6.12. The van der Waals surface area contributed by atoms with Gasteiger partial charge in [0.2, 0.25) is 0 Å². The summed E-state index contributed by atoms with van der Waals surface area (Å²) in [7, 11) is 1.60. The fraction of sp³-hybridized carbons (Fsp3) is 0.235. The molecule has 0 radical (unpaired) electrons. The Morgan fingerprint density at radius 1 is 1.25 bits per heavy atom. The van der Waals surface area contributed by atoms with Gasteiger partial charge in [-0.1, -0.05) is 29.3 Å². The van der Waals surface area contributed by atoms with Crippen molar-refractivity contribution in [1.82, 2.24) is 5.43 Å². The lowest BCUT2D eigenvalue weighted by molar-refractivity contribution is 0.310. The Labute approximate surface area is 159 Å². The summed E-state index contributed by atoms with van der Waals surface area (Å²) in [4.78, 5) is 0. The van der Waals surface area contributed by atoms with Crippen molar-refractivity contribution in [3.8, 4) is 11.5 Å². The molecule has 2 rings (SSSR count). The van der Waals surface area contributed by atoms with Gasteiger partial charge in [0.1, 0.15) is 0 Å². The van der Waals surface area contributed by atoms with Gasteiger partial charge in [0.15, 0.2) is 11.5 Å². The van der Waals surface area contributed by atoms with E-state index in [0.29, 0.717) is 34.7 Å². The third-order valence-electron chi connectivity index (χ3n) is 3.16. The summed E-state index contributed by atoms with van der Waals surface area (Å²) in [6.45, 7) is 2.90. The zero-order valence-electron chi connectivity index (χ0n) is 13.3. The lowest BCUT2D eigenvalue weighted by Gasteiger charge is -2.12. The number of methoxy groups -OCH3 is 1. The van der Waals surface area contributed by atoms with Crippen LogP contribution in [-0.2, 0) is 6.54 Å². The fourth-order valence-electron chi connectivity index (χ4n) is 2.07. The van der Waals surface area contributed by atoms with Gasteiger partial charge >= 0.3 is 0 Å². The van der Waals surface area contributed by atoms with E-state index in [4.69, 9.17) is 32.7 Å². The number of halogens is 3. The molecule has 0 aliphatic heterocycles. The molecule has 1 N–H and O–H groups in total. The number of ether oxygens (including phenoxy) is 2. The van der Waals surface area contributed by atoms with Gasteiger partial charge in [-0.25, -0.2) is 0 Å². The van der Waals surface area contributed by atoms with E-state index in [2.05, 4.69) is 26.5 Å². The number of benzene rings is 2. The van der Waals surface area contributed by atoms with Gasteiger partial charge in [-0.2, -0.15) is 5.10 Å². The Morgan fingerprint density at radius 3 is 2.58 bits per heavy atom. The summed E-state index contributed by atoms with van der Waals surface area (Å²) in [5.41, 5.74) is 4.62. The Hall–Kier alpha value is -1.43. The number of nitrogens with zero attached hydrogens (tertiary/aromatic N) is 1. The van der Waals surface area contributed by atoms with Gasteiger partial charge in [-0.15, -0.1) is 0 Å². The quantitative estimate of drug-likeness (QED) is 0.478. The third kappa shape index (κ3) is 4.79. The molecule has 0 fully saturated rings. The summed E-state index contributed by atoms with van der Waals surface area (Å²) in [5, 5.41) is 5.42. The predicted molar refractivity (Wildman–Crippen MR) is 103 cm³/mol. The molecule has 0 saturated carbocycles. The summed E-state index contributed by atoms with van der Waals surface area (Å²) in [5.74, 6) is 1.31. The molecule has 128 valence electrons. The van der Waals surface area contributed by atoms with E-state index >= 15 is 0 Å². The lowest BCUT2D eigenvalue weighted by atomic mass is 10.2. The van der Waals surface area contributed by atoms with Crippen molar-refractivity contribution in [3.63, 3.8) is 0 Å². The normalized spacial score (nSPS) is 10.9. The molecule has 2 aromatic carbocycles. The van der Waals surface area contributed by atoms with Crippen LogP contribution in [0.25, 0.3) is 0 Å². The Morgan fingerprint density at radius 2 is 1.96 bits per heavy atom. The molecule has 0 saturated heterocycles. The minimum atomic E-state index is 0.435. The lowest BCUT2D eigenvalue weighted by Crippen LogP contribution is -2.07. The molecule has 2 aromatic rings. The van der Waals surface area contributed by atoms with E-state index in [-0.39, 0.29) is 0 Å². The highest BCUT2D eigenvalue weighted by Crippen LogP contribution is 2.36. The Bertz CT molecular complexity index is 719. The molecule has 0 atom stereocenters. The van der Waals surface area contributed by atoms with Gasteiger partial charge in [0.05, 0.1) is 30.9 Å². The summed E-state index contributed by atoms with van der Waals surface area (Å²) in [6, 6.07) is 9.16. The molecule has 0 bridgehead atoms. The van der Waals surface area contributed by atoms with E-state index in [0.717, 1.165) is 15.6 Å². The number of hydrogen-bond acceptors (Lipinski definition) is 4. The van der Waals surface area contributed by atoms with Crippen LogP contribution in [0.5, 0.6) is 11.5 Å². The first-order valence-electron chi connectivity index (χ1n) is 7.26. The van der Waals surface area contributed by atoms with E-state index in [1.54, 1.807) is 25.5 Å². The van der Waals surface area contributed by atoms with Crippen molar-refractivity contribution < 1.29 is 9.47 Å². The molecule has 0 spiro atoms. The average molecular weight is 432 g/mol. The van der Waals surface area contributed by atoms with Gasteiger partial charge in [-0.05, 0) is 52.7 Å². The second-order valence-electron chi connectivity index (χ2n) is 4.76. The molecule has 0 aromatic heterocycles. The molecular weight excluding hydrogens is 415 g/mol. The summed E-state index contributed by atoms with van der Waals surface area (Å²) >= 11 is 15.7. The standard InChI is InChI=1S/C17H17BrCl2N2O2/c1-3-24-16-8-11(7-13(18)17(16)23-2)9-21-22-10-12-14(19)5-4-6-15(12)20/h4-9,22H,3,10H2,1-2H3/b21-9+. The maximum atomic E-state index is 6.12. The van der Waals surface area contributed by atoms with Gasteiger partial charge in [-0.3, -0.25) is 0 Å². The molecule has 7 heteroatoms. The highest BCUT2D eigenvalue weighted by molar-refractivity contribution is 9.10. The summed E-state index contributed by atoms with van der Waals surface area (Å²) < 4.78 is 11.7. The topological polar surface area (TPSA) is 42.8 Å². The van der Waals surface area contributed by atoms with Crippen molar-refractivity contribution in [1.29, 1.82) is 0 Å². The molecular formula is C17H17BrCl2N2O2. The van der Waals surface area contributed by atoms with Crippen LogP contribution in [-0.4, -0.2) is 19.9 Å². The second kappa shape index (κ2) is 9.16. The van der Waals surface area contributed by atoms with Crippen LogP contribution in [0.15, 0.2) is 39.9 Å². The SMILES string of the molecule is CCOc1cc(/C=N/NCc2c(Cl)cccc2Cl)cc(Br)c1OC. The highest BCUT2D eigenvalue weighted by Gasteiger charge is 2.10. The monoisotopic (exact) mass is 430 g/mol. The van der Waals surface area contributed by atoms with Crippen LogP contribution in [0.3, 0.4) is 0 Å². The molecule has 0 amide bonds. The van der Waals surface area contributed by atoms with E-state index in [1.807, 2.05) is 25.1 Å². The first-order valence-corrected chi connectivity index (χ1v) is 8.80. The van der Waals surface area contributed by atoms with Crippen LogP contribution in [0, 0.1) is 0 Å². The highest BCUT2D eigenvalue weighted by atomic mass is 79.9. The largest absolute Gasteiger partial charge is 0.492 e. The number of rotatable bonds is 7. The van der Waals surface area contributed by atoms with Crippen molar-refractivity contribution in [2.75, 3.05) is 13.7 Å². The second-order valence-corrected chi connectivity index (χ2v) is 6.43. The maximum Gasteiger partial charge on any atom is 0.174 e. The first kappa shape index (κ1) is 18.9. The minimum Gasteiger partial charge on any atom is -0.492 e. The zero-order valence-corrected chi connectivity index (χ0v) is 16.4. The van der Waals surface area contributed by atoms with Crippen molar-refractivity contribution in [2.45, 2.75) is 13.5 Å². The van der Waals surface area contributed by atoms with Crippen molar-refractivity contribution >= 4 is 45.3 Å². The zero-order chi connectivity index (χ0) is 17.5. The van der Waals surface area contributed by atoms with Crippen molar-refractivity contribution in [3.05, 3.63) is 56.0 Å². The summed E-state index contributed by atoms with van der Waals surface area (Å²) in [6.07, 6.45) is 1.69. The number of nitrogens with one attached hydrogen (secondary N) is 1. The van der Waals surface area contributed by atoms with Gasteiger partial charge in [0, 0.05) is 15.6 Å². The smallest absolute Gasteiger partial charge is 0.174 e. The predicted octanol–water partition coefficient (Wildman–Crippen LogP) is 5.29. The Balaban J connectivity index is 2.09. The van der Waals surface area contributed by atoms with Gasteiger partial charge in [0.25, 0.3) is 0 Å². The minimum absolute atomic E-state index is 0.435. The van der Waals surface area contributed by atoms with Crippen LogP contribution in [0.2, 0.25) is 10.0 Å². The van der Waals surface area contributed by atoms with Crippen LogP contribution in [0.4, 0.5) is 0 Å². The van der Waals surface area contributed by atoms with Crippen LogP contribution < -0.4 is 14.9 Å². The third-order valence-corrected chi connectivity index (χ3v) is 4.46. The molecule has 0 aliphatic rings. The molecule has 4 nitrogen and oxygen atoms in total. The van der Waals surface area contributed by atoms with E-state index < -0.39 is 0 Å². The van der Waals surface area contributed by atoms with E-state index in [9.17, 15) is 0 Å². The number of hydrogen-bond donors (Lipinski definition) is 1. The van der Waals surface area contributed by atoms with Crippen LogP contribution >= 0.6 is 39.1 Å².